The van der Waals surface area contributed by atoms with E-state index in [1.807, 2.05) is 24.3 Å². The van der Waals surface area contributed by atoms with E-state index in [9.17, 15) is 9.59 Å². The highest BCUT2D eigenvalue weighted by atomic mass is 35.5. The molecule has 2 aromatic rings. The van der Waals surface area contributed by atoms with Crippen molar-refractivity contribution in [3.05, 3.63) is 57.5 Å². The first kappa shape index (κ1) is 15.6. The Kier molecular flexibility index (Phi) is 4.62. The summed E-state index contributed by atoms with van der Waals surface area (Å²) in [5.74, 6) is -0.285. The summed E-state index contributed by atoms with van der Waals surface area (Å²) in [5.41, 5.74) is 0.860. The maximum absolute atomic E-state index is 12.2. The molecule has 0 radical (unpaired) electrons. The number of rotatable bonds is 3. The predicted molar refractivity (Wildman–Crippen MR) is 89.0 cm³/mol. The van der Waals surface area contributed by atoms with Gasteiger partial charge in [0, 0.05) is 25.2 Å². The maximum atomic E-state index is 12.2. The van der Waals surface area contributed by atoms with Crippen LogP contribution in [0.4, 0.5) is 5.69 Å². The first-order valence-electron chi connectivity index (χ1n) is 7.49. The topological polar surface area (TPSA) is 78.1 Å². The van der Waals surface area contributed by atoms with Crippen LogP contribution >= 0.6 is 11.6 Å². The van der Waals surface area contributed by atoms with Gasteiger partial charge in [-0.25, -0.2) is 5.10 Å². The molecule has 0 spiro atoms. The number of piperidine rings is 1. The number of para-hydroxylation sites is 1. The average molecular weight is 333 g/mol. The zero-order valence-corrected chi connectivity index (χ0v) is 13.2. The van der Waals surface area contributed by atoms with Gasteiger partial charge < -0.3 is 10.2 Å². The summed E-state index contributed by atoms with van der Waals surface area (Å²) in [6.45, 7) is 1.60. The Bertz CT molecular complexity index is 741. The number of hydrogen-bond acceptors (Lipinski definition) is 4. The molecule has 0 unspecified atom stereocenters. The van der Waals surface area contributed by atoms with Gasteiger partial charge >= 0.3 is 0 Å². The molecule has 2 N–H and O–H groups in total. The number of aromatic nitrogens is 2. The summed E-state index contributed by atoms with van der Waals surface area (Å²) in [5, 5.41) is 9.69. The molecule has 1 atom stereocenters. The monoisotopic (exact) mass is 332 g/mol. The van der Waals surface area contributed by atoms with Gasteiger partial charge in [-0.3, -0.25) is 9.59 Å². The fraction of sp³-hybridized carbons (Fsp3) is 0.312. The lowest BCUT2D eigenvalue weighted by atomic mass is 10.0. The summed E-state index contributed by atoms with van der Waals surface area (Å²) in [6, 6.07) is 10.4. The number of hydrogen-bond donors (Lipinski definition) is 2. The number of H-pyrrole nitrogens is 1. The first-order valence-corrected chi connectivity index (χ1v) is 7.87. The number of nitrogens with one attached hydrogen (secondary N) is 2. The van der Waals surface area contributed by atoms with Gasteiger partial charge in [0.1, 0.15) is 5.69 Å². The Balaban J connectivity index is 1.67. The van der Waals surface area contributed by atoms with E-state index < -0.39 is 0 Å². The Morgan fingerprint density at radius 2 is 2.13 bits per heavy atom. The highest BCUT2D eigenvalue weighted by molar-refractivity contribution is 6.33. The molecule has 23 heavy (non-hydrogen) atoms. The summed E-state index contributed by atoms with van der Waals surface area (Å²) >= 11 is 6.25. The van der Waals surface area contributed by atoms with Crippen molar-refractivity contribution in [3.8, 4) is 0 Å². The third-order valence-electron chi connectivity index (χ3n) is 3.86. The Morgan fingerprint density at radius 1 is 1.30 bits per heavy atom. The zero-order chi connectivity index (χ0) is 16.2. The molecule has 0 aliphatic carbocycles. The van der Waals surface area contributed by atoms with Gasteiger partial charge in [-0.2, -0.15) is 5.10 Å². The number of benzene rings is 1. The molecular formula is C16H17ClN4O2. The standard InChI is InChI=1S/C16H17ClN4O2/c17-12-5-1-2-6-14(12)21-9-3-4-11(10-21)18-16(23)13-7-8-15(22)20-19-13/h1-2,5-8,11H,3-4,9-10H2,(H,18,23)(H,20,22)/t11-/m1/s1. The zero-order valence-electron chi connectivity index (χ0n) is 12.5. The van der Waals surface area contributed by atoms with Crippen LogP contribution in [0.5, 0.6) is 0 Å². The van der Waals surface area contributed by atoms with Crippen LogP contribution in [0, 0.1) is 0 Å². The molecule has 1 aromatic heterocycles. The van der Waals surface area contributed by atoms with Crippen LogP contribution in [0.2, 0.25) is 5.02 Å². The molecule has 1 saturated heterocycles. The van der Waals surface area contributed by atoms with E-state index in [0.29, 0.717) is 11.6 Å². The number of nitrogens with zero attached hydrogens (tertiary/aromatic N) is 2. The second kappa shape index (κ2) is 6.83. The third kappa shape index (κ3) is 3.71. The van der Waals surface area contributed by atoms with Crippen LogP contribution in [0.1, 0.15) is 23.3 Å². The van der Waals surface area contributed by atoms with E-state index in [1.54, 1.807) is 0 Å². The number of aromatic amines is 1. The summed E-state index contributed by atoms with van der Waals surface area (Å²) in [6.07, 6.45) is 1.87. The molecule has 0 bridgehead atoms. The minimum Gasteiger partial charge on any atom is -0.368 e. The van der Waals surface area contributed by atoms with E-state index in [-0.39, 0.29) is 23.2 Å². The van der Waals surface area contributed by atoms with Gasteiger partial charge in [0.05, 0.1) is 10.7 Å². The van der Waals surface area contributed by atoms with Crippen molar-refractivity contribution in [1.29, 1.82) is 0 Å². The minimum absolute atomic E-state index is 0.0150. The molecule has 3 rings (SSSR count). The number of carbonyl (C=O) groups excluding carboxylic acids is 1. The SMILES string of the molecule is O=C(N[C@@H]1CCCN(c2ccccc2Cl)C1)c1ccc(=O)[nH]n1. The van der Waals surface area contributed by atoms with Crippen molar-refractivity contribution in [2.24, 2.45) is 0 Å². The van der Waals surface area contributed by atoms with E-state index in [4.69, 9.17) is 11.6 Å². The van der Waals surface area contributed by atoms with Crippen LogP contribution < -0.4 is 15.8 Å². The predicted octanol–water partition coefficient (Wildman–Crippen LogP) is 1.82. The molecular weight excluding hydrogens is 316 g/mol. The maximum Gasteiger partial charge on any atom is 0.271 e. The van der Waals surface area contributed by atoms with Crippen molar-refractivity contribution < 1.29 is 4.79 Å². The summed E-state index contributed by atoms with van der Waals surface area (Å²) in [4.78, 5) is 25.4. The van der Waals surface area contributed by atoms with Gasteiger partial charge in [0.2, 0.25) is 0 Å². The van der Waals surface area contributed by atoms with E-state index in [1.165, 1.54) is 12.1 Å². The van der Waals surface area contributed by atoms with E-state index >= 15 is 0 Å². The van der Waals surface area contributed by atoms with E-state index in [2.05, 4.69) is 20.4 Å². The number of anilines is 1. The molecule has 1 aliphatic rings. The second-order valence-corrected chi connectivity index (χ2v) is 5.92. The average Bonchev–Trinajstić information content (AvgIpc) is 2.56. The van der Waals surface area contributed by atoms with Gasteiger partial charge in [-0.05, 0) is 31.0 Å². The van der Waals surface area contributed by atoms with Crippen molar-refractivity contribution in [2.45, 2.75) is 18.9 Å². The largest absolute Gasteiger partial charge is 0.368 e. The Morgan fingerprint density at radius 3 is 2.87 bits per heavy atom. The normalized spacial score (nSPS) is 17.8. The molecule has 7 heteroatoms. The smallest absolute Gasteiger partial charge is 0.271 e. The molecule has 1 fully saturated rings. The molecule has 1 amide bonds. The van der Waals surface area contributed by atoms with Gasteiger partial charge in [-0.1, -0.05) is 23.7 Å². The molecule has 6 nitrogen and oxygen atoms in total. The first-order chi connectivity index (χ1) is 11.1. The van der Waals surface area contributed by atoms with E-state index in [0.717, 1.165) is 25.1 Å². The van der Waals surface area contributed by atoms with Crippen LogP contribution in [0.3, 0.4) is 0 Å². The lowest BCUT2D eigenvalue weighted by Crippen LogP contribution is -2.48. The summed E-state index contributed by atoms with van der Waals surface area (Å²) < 4.78 is 0. The Labute approximate surface area is 138 Å². The van der Waals surface area contributed by atoms with Gasteiger partial charge in [-0.15, -0.1) is 0 Å². The molecule has 1 aromatic carbocycles. The lowest BCUT2D eigenvalue weighted by Gasteiger charge is -2.35. The van der Waals surface area contributed by atoms with Crippen molar-refractivity contribution in [1.82, 2.24) is 15.5 Å². The van der Waals surface area contributed by atoms with Gasteiger partial charge in [0.15, 0.2) is 0 Å². The lowest BCUT2D eigenvalue weighted by molar-refractivity contribution is 0.0927. The third-order valence-corrected chi connectivity index (χ3v) is 4.18. The summed E-state index contributed by atoms with van der Waals surface area (Å²) in [7, 11) is 0. The number of halogens is 1. The minimum atomic E-state index is -0.330. The Hall–Kier alpha value is -2.34. The van der Waals surface area contributed by atoms with Crippen LogP contribution in [0.25, 0.3) is 0 Å². The van der Waals surface area contributed by atoms with Crippen LogP contribution in [0.15, 0.2) is 41.2 Å². The second-order valence-electron chi connectivity index (χ2n) is 5.52. The fourth-order valence-corrected chi connectivity index (χ4v) is 3.01. The van der Waals surface area contributed by atoms with Crippen LogP contribution in [-0.2, 0) is 0 Å². The number of carbonyl (C=O) groups is 1. The molecule has 0 saturated carbocycles. The fourth-order valence-electron chi connectivity index (χ4n) is 2.75. The van der Waals surface area contributed by atoms with Crippen molar-refractivity contribution >= 4 is 23.2 Å². The van der Waals surface area contributed by atoms with Crippen LogP contribution in [-0.4, -0.2) is 35.2 Å². The van der Waals surface area contributed by atoms with Crippen molar-refractivity contribution in [2.75, 3.05) is 18.0 Å². The van der Waals surface area contributed by atoms with Crippen molar-refractivity contribution in [3.63, 3.8) is 0 Å². The number of amides is 1. The highest BCUT2D eigenvalue weighted by Crippen LogP contribution is 2.27. The molecule has 1 aliphatic heterocycles. The highest BCUT2D eigenvalue weighted by Gasteiger charge is 2.23. The quantitative estimate of drug-likeness (QED) is 0.898. The molecule has 120 valence electrons. The molecule has 2 heterocycles. The van der Waals surface area contributed by atoms with Gasteiger partial charge in [0.25, 0.3) is 11.5 Å².